The third kappa shape index (κ3) is 4.34. The standard InChI is InChI=1S/C19H14ClN5O3S2/c20-11-3-1-10(2-4-11)15-14(9-21)19(29)25-17(22)16(15)18(26)24-12-5-7-13(8-6-12)30(23,27)28/h1-8H,(H,24,26)(H3,22,25,29)(H2,23,27,28). The Labute approximate surface area is 182 Å². The number of nitriles is 1. The molecule has 0 bridgehead atoms. The quantitative estimate of drug-likeness (QED) is 0.438. The van der Waals surface area contributed by atoms with Gasteiger partial charge < -0.3 is 16.0 Å². The molecule has 0 aliphatic heterocycles. The van der Waals surface area contributed by atoms with Crippen LogP contribution in [-0.4, -0.2) is 19.3 Å². The van der Waals surface area contributed by atoms with Crippen LogP contribution < -0.4 is 16.2 Å². The number of carbonyl (C=O) groups is 1. The zero-order valence-electron chi connectivity index (χ0n) is 15.1. The van der Waals surface area contributed by atoms with Crippen molar-refractivity contribution in [3.8, 4) is 17.2 Å². The molecule has 0 aliphatic rings. The molecule has 0 atom stereocenters. The zero-order chi connectivity index (χ0) is 22.1. The van der Waals surface area contributed by atoms with Crippen LogP contribution in [-0.2, 0) is 10.0 Å². The van der Waals surface area contributed by atoms with E-state index in [2.05, 4.69) is 10.3 Å². The number of rotatable bonds is 4. The Balaban J connectivity index is 2.11. The van der Waals surface area contributed by atoms with Gasteiger partial charge in [-0.05, 0) is 42.0 Å². The lowest BCUT2D eigenvalue weighted by Crippen LogP contribution is -2.18. The number of H-pyrrole nitrogens is 1. The lowest BCUT2D eigenvalue weighted by Gasteiger charge is -2.15. The molecule has 0 radical (unpaired) electrons. The Bertz CT molecular complexity index is 1340. The fourth-order valence-electron chi connectivity index (χ4n) is 2.79. The maximum Gasteiger partial charge on any atom is 0.260 e. The molecule has 1 aromatic heterocycles. The van der Waals surface area contributed by atoms with E-state index < -0.39 is 15.9 Å². The van der Waals surface area contributed by atoms with Crippen LogP contribution in [0.3, 0.4) is 0 Å². The predicted octanol–water partition coefficient (Wildman–Crippen LogP) is 3.42. The molecule has 1 heterocycles. The number of aromatic nitrogens is 1. The largest absolute Gasteiger partial charge is 0.385 e. The molecule has 3 rings (SSSR count). The highest BCUT2D eigenvalue weighted by Gasteiger charge is 2.22. The Kier molecular flexibility index (Phi) is 5.91. The van der Waals surface area contributed by atoms with Gasteiger partial charge in [-0.1, -0.05) is 36.0 Å². The van der Waals surface area contributed by atoms with Crippen LogP contribution in [0.2, 0.25) is 5.02 Å². The van der Waals surface area contributed by atoms with Crippen molar-refractivity contribution in [2.45, 2.75) is 4.90 Å². The van der Waals surface area contributed by atoms with Crippen LogP contribution in [0.1, 0.15) is 15.9 Å². The highest BCUT2D eigenvalue weighted by Crippen LogP contribution is 2.32. The smallest absolute Gasteiger partial charge is 0.260 e. The fraction of sp³-hybridized carbons (Fsp3) is 0. The summed E-state index contributed by atoms with van der Waals surface area (Å²) >= 11 is 11.1. The van der Waals surface area contributed by atoms with Crippen molar-refractivity contribution in [2.75, 3.05) is 11.1 Å². The average molecular weight is 460 g/mol. The van der Waals surface area contributed by atoms with Gasteiger partial charge in [-0.3, -0.25) is 4.79 Å². The average Bonchev–Trinajstić information content (AvgIpc) is 2.67. The van der Waals surface area contributed by atoms with Crippen molar-refractivity contribution in [3.63, 3.8) is 0 Å². The first-order chi connectivity index (χ1) is 14.1. The van der Waals surface area contributed by atoms with E-state index in [0.717, 1.165) is 0 Å². The topological polar surface area (TPSA) is 155 Å². The molecule has 11 heteroatoms. The second-order valence-electron chi connectivity index (χ2n) is 6.14. The molecule has 1 amide bonds. The Morgan fingerprint density at radius 3 is 2.27 bits per heavy atom. The summed E-state index contributed by atoms with van der Waals surface area (Å²) in [6.45, 7) is 0. The number of nitrogens with zero attached hydrogens (tertiary/aromatic N) is 1. The first-order valence-corrected chi connectivity index (χ1v) is 10.6. The van der Waals surface area contributed by atoms with Gasteiger partial charge in [0.2, 0.25) is 10.0 Å². The van der Waals surface area contributed by atoms with Gasteiger partial charge in [0, 0.05) is 16.3 Å². The number of primary sulfonamides is 1. The van der Waals surface area contributed by atoms with Crippen molar-refractivity contribution >= 4 is 51.3 Å². The molecule has 0 saturated carbocycles. The molecule has 6 N–H and O–H groups in total. The number of aromatic amines is 1. The van der Waals surface area contributed by atoms with Crippen molar-refractivity contribution in [3.05, 3.63) is 69.3 Å². The molecule has 8 nitrogen and oxygen atoms in total. The van der Waals surface area contributed by atoms with Crippen LogP contribution in [0.25, 0.3) is 11.1 Å². The third-order valence-electron chi connectivity index (χ3n) is 4.16. The van der Waals surface area contributed by atoms with E-state index in [1.54, 1.807) is 24.3 Å². The fourth-order valence-corrected chi connectivity index (χ4v) is 3.69. The van der Waals surface area contributed by atoms with Crippen LogP contribution in [0.15, 0.2) is 53.4 Å². The molecule has 30 heavy (non-hydrogen) atoms. The van der Waals surface area contributed by atoms with Gasteiger partial charge in [0.25, 0.3) is 5.91 Å². The third-order valence-corrected chi connectivity index (χ3v) is 5.64. The Morgan fingerprint density at radius 1 is 1.13 bits per heavy atom. The minimum absolute atomic E-state index is 0.0120. The lowest BCUT2D eigenvalue weighted by atomic mass is 9.95. The number of nitrogens with two attached hydrogens (primary N) is 2. The van der Waals surface area contributed by atoms with Crippen LogP contribution in [0, 0.1) is 16.0 Å². The molecule has 0 unspecified atom stereocenters. The normalized spacial score (nSPS) is 11.0. The number of anilines is 2. The number of nitrogen functional groups attached to an aromatic ring is 1. The summed E-state index contributed by atoms with van der Waals surface area (Å²) in [5, 5.41) is 17.8. The summed E-state index contributed by atoms with van der Waals surface area (Å²) < 4.78 is 22.9. The first-order valence-electron chi connectivity index (χ1n) is 8.28. The summed E-state index contributed by atoms with van der Waals surface area (Å²) in [6, 6.07) is 13.8. The van der Waals surface area contributed by atoms with Gasteiger partial charge >= 0.3 is 0 Å². The highest BCUT2D eigenvalue weighted by atomic mass is 35.5. The van der Waals surface area contributed by atoms with Gasteiger partial charge in [-0.25, -0.2) is 13.6 Å². The number of amides is 1. The molecule has 0 spiro atoms. The van der Waals surface area contributed by atoms with E-state index in [4.69, 9.17) is 34.7 Å². The summed E-state index contributed by atoms with van der Waals surface area (Å²) in [7, 11) is -3.86. The Morgan fingerprint density at radius 2 is 1.73 bits per heavy atom. The van der Waals surface area contributed by atoms with E-state index in [1.807, 2.05) is 6.07 Å². The number of carbonyl (C=O) groups excluding carboxylic acids is 1. The minimum atomic E-state index is -3.86. The molecule has 152 valence electrons. The van der Waals surface area contributed by atoms with Crippen LogP contribution >= 0.6 is 23.8 Å². The number of nitrogens with one attached hydrogen (secondary N) is 2. The van der Waals surface area contributed by atoms with Gasteiger partial charge in [-0.2, -0.15) is 5.26 Å². The number of hydrogen-bond donors (Lipinski definition) is 4. The van der Waals surface area contributed by atoms with Crippen molar-refractivity contribution in [2.24, 2.45) is 5.14 Å². The minimum Gasteiger partial charge on any atom is -0.385 e. The highest BCUT2D eigenvalue weighted by molar-refractivity contribution is 7.89. The molecule has 2 aromatic carbocycles. The van der Waals surface area contributed by atoms with Gasteiger partial charge in [0.05, 0.1) is 16.0 Å². The van der Waals surface area contributed by atoms with Gasteiger partial charge in [-0.15, -0.1) is 0 Å². The SMILES string of the molecule is N#Cc1c(-c2ccc(Cl)cc2)c(C(=O)Nc2ccc(S(N)(=O)=O)cc2)c(N)[nH]c1=S. The summed E-state index contributed by atoms with van der Waals surface area (Å²) in [6.07, 6.45) is 0. The predicted molar refractivity (Wildman–Crippen MR) is 117 cm³/mol. The summed E-state index contributed by atoms with van der Waals surface area (Å²) in [5.74, 6) is -0.647. The van der Waals surface area contributed by atoms with E-state index in [-0.39, 0.29) is 32.0 Å². The van der Waals surface area contributed by atoms with Crippen LogP contribution in [0.4, 0.5) is 11.5 Å². The summed E-state index contributed by atoms with van der Waals surface area (Å²) in [4.78, 5) is 15.6. The monoisotopic (exact) mass is 459 g/mol. The number of sulfonamides is 1. The van der Waals surface area contributed by atoms with Crippen LogP contribution in [0.5, 0.6) is 0 Å². The molecule has 0 saturated heterocycles. The van der Waals surface area contributed by atoms with Crippen molar-refractivity contribution in [1.82, 2.24) is 4.98 Å². The Hall–Kier alpha value is -3.23. The van der Waals surface area contributed by atoms with Gasteiger partial charge in [0.15, 0.2) is 0 Å². The second kappa shape index (κ2) is 8.25. The van der Waals surface area contributed by atoms with Crippen molar-refractivity contribution < 1.29 is 13.2 Å². The lowest BCUT2D eigenvalue weighted by molar-refractivity contribution is 0.102. The van der Waals surface area contributed by atoms with Gasteiger partial charge in [0.1, 0.15) is 16.5 Å². The second-order valence-corrected chi connectivity index (χ2v) is 8.54. The van der Waals surface area contributed by atoms with E-state index >= 15 is 0 Å². The number of pyridine rings is 1. The molecule has 0 fully saturated rings. The molecule has 3 aromatic rings. The number of hydrogen-bond acceptors (Lipinski definition) is 6. The molecule has 0 aliphatic carbocycles. The molecular weight excluding hydrogens is 446 g/mol. The summed E-state index contributed by atoms with van der Waals surface area (Å²) in [5.41, 5.74) is 7.21. The molecular formula is C19H14ClN5O3S2. The van der Waals surface area contributed by atoms with Crippen molar-refractivity contribution in [1.29, 1.82) is 5.26 Å². The first kappa shape index (κ1) is 21.5. The maximum atomic E-state index is 13.0. The van der Waals surface area contributed by atoms with E-state index in [9.17, 15) is 18.5 Å². The number of halogens is 1. The number of benzene rings is 2. The maximum absolute atomic E-state index is 13.0. The zero-order valence-corrected chi connectivity index (χ0v) is 17.5. The van der Waals surface area contributed by atoms with E-state index in [1.165, 1.54) is 24.3 Å². The van der Waals surface area contributed by atoms with E-state index in [0.29, 0.717) is 16.3 Å².